The Balaban J connectivity index is 2.12. The zero-order valence-electron chi connectivity index (χ0n) is 9.58. The molecule has 5 nitrogen and oxygen atoms in total. The van der Waals surface area contributed by atoms with Crippen LogP contribution in [0, 0.1) is 5.41 Å². The van der Waals surface area contributed by atoms with Crippen LogP contribution in [0.25, 0.3) is 0 Å². The normalized spacial score (nSPS) is 20.4. The maximum atomic E-state index is 7.99. The van der Waals surface area contributed by atoms with Crippen LogP contribution in [-0.4, -0.2) is 25.7 Å². The van der Waals surface area contributed by atoms with E-state index in [1.165, 1.54) is 0 Å². The van der Waals surface area contributed by atoms with Crippen LogP contribution in [0.3, 0.4) is 0 Å². The van der Waals surface area contributed by atoms with Gasteiger partial charge in [0, 0.05) is 5.56 Å². The lowest BCUT2D eigenvalue weighted by Crippen LogP contribution is -2.40. The van der Waals surface area contributed by atoms with E-state index in [9.17, 15) is 0 Å². The third-order valence-corrected chi connectivity index (χ3v) is 2.91. The summed E-state index contributed by atoms with van der Waals surface area (Å²) in [4.78, 5) is 0. The molecule has 0 saturated carbocycles. The van der Waals surface area contributed by atoms with E-state index in [-0.39, 0.29) is 5.84 Å². The van der Waals surface area contributed by atoms with Gasteiger partial charge in [-0.2, -0.15) is 0 Å². The summed E-state index contributed by atoms with van der Waals surface area (Å²) in [5.41, 5.74) is 1.56. The van der Waals surface area contributed by atoms with Gasteiger partial charge in [0.2, 0.25) is 0 Å². The van der Waals surface area contributed by atoms with Crippen molar-refractivity contribution in [3.8, 4) is 5.75 Å². The average molecular weight is 234 g/mol. The van der Waals surface area contributed by atoms with Crippen LogP contribution in [0.5, 0.6) is 5.75 Å². The second-order valence-electron chi connectivity index (χ2n) is 3.93. The second kappa shape index (κ2) is 3.72. The summed E-state index contributed by atoms with van der Waals surface area (Å²) in [6, 6.07) is 5.64. The van der Waals surface area contributed by atoms with E-state index in [0.717, 1.165) is 11.1 Å². The predicted molar refractivity (Wildman–Crippen MR) is 61.2 cm³/mol. The smallest absolute Gasteiger partial charge is 0.279 e. The lowest BCUT2D eigenvalue weighted by Gasteiger charge is -2.22. The molecule has 1 fully saturated rings. The average Bonchev–Trinajstić information content (AvgIpc) is 2.88. The molecule has 5 heteroatoms. The Labute approximate surface area is 99.2 Å². The highest BCUT2D eigenvalue weighted by atomic mass is 16.8. The minimum absolute atomic E-state index is 0.283. The molecule has 0 amide bonds. The van der Waals surface area contributed by atoms with Crippen LogP contribution in [0.2, 0.25) is 0 Å². The second-order valence-corrected chi connectivity index (χ2v) is 3.93. The fourth-order valence-corrected chi connectivity index (χ4v) is 2.27. The molecular formula is C12H14N2O3. The van der Waals surface area contributed by atoms with Crippen molar-refractivity contribution >= 4 is 5.84 Å². The summed E-state index contributed by atoms with van der Waals surface area (Å²) in [6.07, 6.45) is 0. The maximum Gasteiger partial charge on any atom is 0.279 e. The van der Waals surface area contributed by atoms with E-state index in [2.05, 4.69) is 5.32 Å². The first-order valence-electron chi connectivity index (χ1n) is 5.68. The largest absolute Gasteiger partial charge is 0.493 e. The first-order valence-corrected chi connectivity index (χ1v) is 5.68. The van der Waals surface area contributed by atoms with Crippen molar-refractivity contribution in [2.75, 3.05) is 19.8 Å². The van der Waals surface area contributed by atoms with Crippen molar-refractivity contribution in [1.82, 2.24) is 5.32 Å². The van der Waals surface area contributed by atoms with Gasteiger partial charge in [-0.3, -0.25) is 5.41 Å². The number of hydrogen-bond donors (Lipinski definition) is 2. The Morgan fingerprint density at radius 3 is 2.88 bits per heavy atom. The molecule has 2 aliphatic rings. The maximum absolute atomic E-state index is 7.99. The Morgan fingerprint density at radius 2 is 2.18 bits per heavy atom. The van der Waals surface area contributed by atoms with Gasteiger partial charge in [-0.25, -0.2) is 0 Å². The zero-order valence-corrected chi connectivity index (χ0v) is 9.58. The van der Waals surface area contributed by atoms with Gasteiger partial charge in [-0.05, 0) is 13.0 Å². The molecule has 1 aromatic rings. The third-order valence-electron chi connectivity index (χ3n) is 2.91. The van der Waals surface area contributed by atoms with E-state index in [0.29, 0.717) is 25.6 Å². The third kappa shape index (κ3) is 1.43. The van der Waals surface area contributed by atoms with Crippen molar-refractivity contribution in [1.29, 1.82) is 5.41 Å². The molecule has 3 rings (SSSR count). The standard InChI is InChI=1S/C12H14N2O3/c1-2-15-9-5-3-4-8-10(9)11(13)14-12(8)16-6-7-17-12/h3-5H,2,6-7H2,1H3,(H2,13,14). The Morgan fingerprint density at radius 1 is 1.41 bits per heavy atom. The first kappa shape index (κ1) is 10.6. The number of ether oxygens (including phenoxy) is 3. The number of amidine groups is 1. The fraction of sp³-hybridized carbons (Fsp3) is 0.417. The van der Waals surface area contributed by atoms with Crippen LogP contribution < -0.4 is 10.1 Å². The van der Waals surface area contributed by atoms with E-state index < -0.39 is 5.91 Å². The number of hydrogen-bond acceptors (Lipinski definition) is 4. The van der Waals surface area contributed by atoms with Gasteiger partial charge in [-0.1, -0.05) is 12.1 Å². The molecule has 1 saturated heterocycles. The topological polar surface area (TPSA) is 63.6 Å². The quantitative estimate of drug-likeness (QED) is 0.806. The van der Waals surface area contributed by atoms with Gasteiger partial charge in [0.15, 0.2) is 0 Å². The molecule has 0 atom stereocenters. The van der Waals surface area contributed by atoms with Gasteiger partial charge in [0.1, 0.15) is 11.6 Å². The van der Waals surface area contributed by atoms with E-state index in [1.54, 1.807) is 0 Å². The first-order chi connectivity index (χ1) is 8.27. The zero-order chi connectivity index (χ0) is 11.9. The van der Waals surface area contributed by atoms with Crippen LogP contribution in [0.4, 0.5) is 0 Å². The summed E-state index contributed by atoms with van der Waals surface area (Å²) >= 11 is 0. The molecule has 2 aliphatic heterocycles. The predicted octanol–water partition coefficient (Wildman–Crippen LogP) is 1.17. The molecule has 2 N–H and O–H groups in total. The highest BCUT2D eigenvalue weighted by Crippen LogP contribution is 2.39. The van der Waals surface area contributed by atoms with Gasteiger partial charge < -0.3 is 19.5 Å². The molecular weight excluding hydrogens is 220 g/mol. The monoisotopic (exact) mass is 234 g/mol. The van der Waals surface area contributed by atoms with Crippen LogP contribution in [0.15, 0.2) is 18.2 Å². The molecule has 0 radical (unpaired) electrons. The molecule has 2 heterocycles. The van der Waals surface area contributed by atoms with Gasteiger partial charge in [0.25, 0.3) is 5.91 Å². The molecule has 90 valence electrons. The van der Waals surface area contributed by atoms with Crippen molar-refractivity contribution in [2.24, 2.45) is 0 Å². The van der Waals surface area contributed by atoms with E-state index in [4.69, 9.17) is 19.6 Å². The molecule has 0 unspecified atom stereocenters. The van der Waals surface area contributed by atoms with Crippen LogP contribution in [0.1, 0.15) is 18.1 Å². The summed E-state index contributed by atoms with van der Waals surface area (Å²) < 4.78 is 16.7. The minimum atomic E-state index is -0.973. The molecule has 17 heavy (non-hydrogen) atoms. The lowest BCUT2D eigenvalue weighted by molar-refractivity contribution is -0.173. The molecule has 1 spiro atoms. The Kier molecular flexibility index (Phi) is 2.31. The van der Waals surface area contributed by atoms with Crippen molar-refractivity contribution in [3.63, 3.8) is 0 Å². The highest BCUT2D eigenvalue weighted by molar-refractivity contribution is 6.03. The Bertz CT molecular complexity index is 467. The molecule has 0 bridgehead atoms. The number of fused-ring (bicyclic) bond motifs is 2. The molecule has 1 aromatic carbocycles. The summed E-state index contributed by atoms with van der Waals surface area (Å²) in [6.45, 7) is 3.54. The number of nitrogens with one attached hydrogen (secondary N) is 2. The van der Waals surface area contributed by atoms with Crippen LogP contribution >= 0.6 is 0 Å². The van der Waals surface area contributed by atoms with Gasteiger partial charge in [-0.15, -0.1) is 0 Å². The molecule has 0 aromatic heterocycles. The SMILES string of the molecule is CCOc1cccc2c1C(=N)NC21OCCO1. The fourth-order valence-electron chi connectivity index (χ4n) is 2.27. The minimum Gasteiger partial charge on any atom is -0.493 e. The van der Waals surface area contributed by atoms with Gasteiger partial charge in [0.05, 0.1) is 25.4 Å². The highest BCUT2D eigenvalue weighted by Gasteiger charge is 2.48. The lowest BCUT2D eigenvalue weighted by atomic mass is 10.1. The van der Waals surface area contributed by atoms with Crippen molar-refractivity contribution < 1.29 is 14.2 Å². The van der Waals surface area contributed by atoms with Crippen molar-refractivity contribution in [2.45, 2.75) is 12.8 Å². The summed E-state index contributed by atoms with van der Waals surface area (Å²) in [5, 5.41) is 10.9. The number of rotatable bonds is 2. The Hall–Kier alpha value is -1.59. The van der Waals surface area contributed by atoms with E-state index >= 15 is 0 Å². The van der Waals surface area contributed by atoms with E-state index in [1.807, 2.05) is 25.1 Å². The number of benzene rings is 1. The molecule has 0 aliphatic carbocycles. The van der Waals surface area contributed by atoms with Gasteiger partial charge >= 0.3 is 0 Å². The summed E-state index contributed by atoms with van der Waals surface area (Å²) in [5.74, 6) is 0.00363. The van der Waals surface area contributed by atoms with Crippen LogP contribution in [-0.2, 0) is 15.4 Å². The van der Waals surface area contributed by atoms with Crippen molar-refractivity contribution in [3.05, 3.63) is 29.3 Å². The summed E-state index contributed by atoms with van der Waals surface area (Å²) in [7, 11) is 0.